The fourth-order valence-electron chi connectivity index (χ4n) is 3.24. The number of benzene rings is 1. The number of hydrogen-bond donors (Lipinski definition) is 1. The number of esters is 1. The number of unbranched alkanes of at least 4 members (excludes halogenated alkanes) is 5. The van der Waals surface area contributed by atoms with Crippen LogP contribution in [0.5, 0.6) is 0 Å². The summed E-state index contributed by atoms with van der Waals surface area (Å²) in [4.78, 5) is 28.4. The van der Waals surface area contributed by atoms with Crippen LogP contribution in [0.15, 0.2) is 35.5 Å². The van der Waals surface area contributed by atoms with Gasteiger partial charge in [0.15, 0.2) is 5.78 Å². The van der Waals surface area contributed by atoms with E-state index in [0.29, 0.717) is 24.9 Å². The summed E-state index contributed by atoms with van der Waals surface area (Å²) in [6.07, 6.45) is 15.6. The number of Topliss-reactive ketones (excluding diaryl/α,β-unsaturated/α-hetero) is 1. The maximum Gasteiger partial charge on any atom is 0.305 e. The quantitative estimate of drug-likeness (QED) is 0.162. The first-order chi connectivity index (χ1) is 15.1. The summed E-state index contributed by atoms with van der Waals surface area (Å²) in [6, 6.07) is 5.73. The van der Waals surface area contributed by atoms with E-state index in [2.05, 4.69) is 22.7 Å². The molecule has 0 bridgehead atoms. The second-order valence-corrected chi connectivity index (χ2v) is 7.51. The van der Waals surface area contributed by atoms with Crippen LogP contribution >= 0.6 is 0 Å². The Kier molecular flexibility index (Phi) is 13.6. The molecule has 0 spiro atoms. The smallest absolute Gasteiger partial charge is 0.305 e. The zero-order chi connectivity index (χ0) is 22.9. The second-order valence-electron chi connectivity index (χ2n) is 7.51. The monoisotopic (exact) mass is 426 g/mol. The maximum absolute atomic E-state index is 12.8. The molecular weight excluding hydrogens is 388 g/mol. The van der Waals surface area contributed by atoms with Crippen molar-refractivity contribution in [3.05, 3.63) is 47.2 Å². The van der Waals surface area contributed by atoms with Crippen molar-refractivity contribution in [1.29, 1.82) is 0 Å². The molecule has 0 unspecified atom stereocenters. The highest BCUT2D eigenvalue weighted by atomic mass is 16.5. The Morgan fingerprint density at radius 1 is 1.06 bits per heavy atom. The van der Waals surface area contributed by atoms with Gasteiger partial charge >= 0.3 is 5.97 Å². The molecule has 1 aromatic carbocycles. The van der Waals surface area contributed by atoms with Gasteiger partial charge in [-0.1, -0.05) is 56.9 Å². The van der Waals surface area contributed by atoms with Crippen LogP contribution in [0, 0.1) is 0 Å². The van der Waals surface area contributed by atoms with Crippen LogP contribution in [0.3, 0.4) is 0 Å². The number of allylic oxidation sites excluding steroid dienone is 2. The fourth-order valence-corrected chi connectivity index (χ4v) is 3.24. The highest BCUT2D eigenvalue weighted by molar-refractivity contribution is 6.10. The van der Waals surface area contributed by atoms with Crippen LogP contribution in [-0.2, 0) is 9.53 Å². The predicted molar refractivity (Wildman–Crippen MR) is 130 cm³/mol. The summed E-state index contributed by atoms with van der Waals surface area (Å²) < 4.78 is 4.66. The van der Waals surface area contributed by atoms with Crippen molar-refractivity contribution < 1.29 is 14.3 Å². The number of carbonyl (C=O) groups excluding carboxylic acids is 2. The summed E-state index contributed by atoms with van der Waals surface area (Å²) in [5, 5.41) is 0. The van der Waals surface area contributed by atoms with Crippen LogP contribution in [0.25, 0.3) is 11.6 Å². The summed E-state index contributed by atoms with van der Waals surface area (Å²) in [6.45, 7) is 4.86. The molecule has 0 saturated heterocycles. The van der Waals surface area contributed by atoms with Crippen molar-refractivity contribution in [3.63, 3.8) is 0 Å². The number of nitrogens with two attached hydrogens (primary N) is 1. The first-order valence-electron chi connectivity index (χ1n) is 11.4. The molecule has 0 aliphatic rings. The van der Waals surface area contributed by atoms with Crippen LogP contribution < -0.4 is 5.73 Å². The standard InChI is InChI=1S/C26H38N2O3/c1-4-6-7-8-9-10-11-13-22-18-21(23(19-27)20-28-5-2)16-17-24(22)25(29)14-12-15-26(30)31-3/h11,13,16-20H,4-10,12,14-15,27H2,1-3H3/b13-11+,23-19+,28-20?. The summed E-state index contributed by atoms with van der Waals surface area (Å²) in [5.41, 5.74) is 9.08. The molecule has 5 heteroatoms. The normalized spacial score (nSPS) is 12.0. The molecule has 0 aliphatic carbocycles. The Hall–Kier alpha value is -2.69. The third-order valence-electron chi connectivity index (χ3n) is 5.06. The molecule has 0 radical (unpaired) electrons. The van der Waals surface area contributed by atoms with E-state index in [1.807, 2.05) is 31.2 Å². The molecule has 170 valence electrons. The van der Waals surface area contributed by atoms with Crippen molar-refractivity contribution in [2.24, 2.45) is 10.7 Å². The summed E-state index contributed by atoms with van der Waals surface area (Å²) in [7, 11) is 1.36. The lowest BCUT2D eigenvalue weighted by atomic mass is 9.95. The van der Waals surface area contributed by atoms with E-state index in [1.165, 1.54) is 39.0 Å². The minimum absolute atomic E-state index is 0.0264. The topological polar surface area (TPSA) is 81.8 Å². The largest absolute Gasteiger partial charge is 0.469 e. The lowest BCUT2D eigenvalue weighted by molar-refractivity contribution is -0.140. The summed E-state index contributed by atoms with van der Waals surface area (Å²) in [5.74, 6) is -0.266. The Morgan fingerprint density at radius 2 is 1.84 bits per heavy atom. The first-order valence-corrected chi connectivity index (χ1v) is 11.4. The maximum atomic E-state index is 12.8. The highest BCUT2D eigenvalue weighted by Crippen LogP contribution is 2.22. The van der Waals surface area contributed by atoms with Gasteiger partial charge in [-0.3, -0.25) is 14.6 Å². The van der Waals surface area contributed by atoms with Crippen molar-refractivity contribution in [1.82, 2.24) is 0 Å². The van der Waals surface area contributed by atoms with Crippen LogP contribution in [0.4, 0.5) is 0 Å². The molecule has 0 amide bonds. The molecule has 0 aliphatic heterocycles. The molecule has 0 heterocycles. The zero-order valence-electron chi connectivity index (χ0n) is 19.4. The van der Waals surface area contributed by atoms with Crippen LogP contribution in [-0.4, -0.2) is 31.6 Å². The molecular formula is C26H38N2O3. The van der Waals surface area contributed by atoms with Gasteiger partial charge in [-0.15, -0.1) is 0 Å². The predicted octanol–water partition coefficient (Wildman–Crippen LogP) is 5.98. The fraction of sp³-hybridized carbons (Fsp3) is 0.500. The number of methoxy groups -OCH3 is 1. The molecule has 0 fully saturated rings. The number of ketones is 1. The average molecular weight is 427 g/mol. The Morgan fingerprint density at radius 3 is 2.52 bits per heavy atom. The van der Waals surface area contributed by atoms with Crippen molar-refractivity contribution in [3.8, 4) is 0 Å². The van der Waals surface area contributed by atoms with E-state index in [0.717, 1.165) is 29.5 Å². The number of ether oxygens (including phenoxy) is 1. The molecule has 31 heavy (non-hydrogen) atoms. The van der Waals surface area contributed by atoms with E-state index in [4.69, 9.17) is 5.73 Å². The first kappa shape index (κ1) is 26.3. The zero-order valence-corrected chi connectivity index (χ0v) is 19.4. The van der Waals surface area contributed by atoms with Gasteiger partial charge < -0.3 is 10.5 Å². The lowest BCUT2D eigenvalue weighted by Crippen LogP contribution is -2.06. The van der Waals surface area contributed by atoms with Gasteiger partial charge in [0, 0.05) is 42.9 Å². The number of rotatable bonds is 15. The third kappa shape index (κ3) is 10.3. The third-order valence-corrected chi connectivity index (χ3v) is 5.06. The minimum atomic E-state index is -0.292. The highest BCUT2D eigenvalue weighted by Gasteiger charge is 2.13. The molecule has 5 nitrogen and oxygen atoms in total. The molecule has 0 atom stereocenters. The van der Waals surface area contributed by atoms with E-state index >= 15 is 0 Å². The van der Waals surface area contributed by atoms with E-state index in [-0.39, 0.29) is 18.2 Å². The number of nitrogens with zero attached hydrogens (tertiary/aromatic N) is 1. The Balaban J connectivity index is 2.99. The number of hydrogen-bond acceptors (Lipinski definition) is 5. The molecule has 0 aromatic heterocycles. The van der Waals surface area contributed by atoms with Crippen molar-refractivity contribution in [2.75, 3.05) is 13.7 Å². The van der Waals surface area contributed by atoms with Gasteiger partial charge in [-0.25, -0.2) is 0 Å². The lowest BCUT2D eigenvalue weighted by Gasteiger charge is -2.09. The van der Waals surface area contributed by atoms with E-state index < -0.39 is 0 Å². The average Bonchev–Trinajstić information content (AvgIpc) is 2.78. The second kappa shape index (κ2) is 16.1. The van der Waals surface area contributed by atoms with E-state index in [9.17, 15) is 9.59 Å². The van der Waals surface area contributed by atoms with Crippen molar-refractivity contribution in [2.45, 2.75) is 71.6 Å². The minimum Gasteiger partial charge on any atom is -0.469 e. The van der Waals surface area contributed by atoms with Gasteiger partial charge in [0.2, 0.25) is 0 Å². The van der Waals surface area contributed by atoms with E-state index in [1.54, 1.807) is 6.21 Å². The Labute approximate surface area is 187 Å². The summed E-state index contributed by atoms with van der Waals surface area (Å²) >= 11 is 0. The van der Waals surface area contributed by atoms with Crippen LogP contribution in [0.2, 0.25) is 0 Å². The molecule has 0 saturated carbocycles. The number of carbonyl (C=O) groups is 2. The Bertz CT molecular complexity index is 779. The molecule has 1 aromatic rings. The van der Waals surface area contributed by atoms with Gasteiger partial charge in [-0.05, 0) is 43.4 Å². The SMILES string of the molecule is CCCCCCC/C=C/c1cc(/C(C=NCC)=C/N)ccc1C(=O)CCCC(=O)OC. The van der Waals surface area contributed by atoms with Gasteiger partial charge in [0.25, 0.3) is 0 Å². The van der Waals surface area contributed by atoms with Gasteiger partial charge in [0.05, 0.1) is 7.11 Å². The van der Waals surface area contributed by atoms with Crippen LogP contribution in [0.1, 0.15) is 93.1 Å². The van der Waals surface area contributed by atoms with Crippen molar-refractivity contribution >= 4 is 29.6 Å². The molecule has 1 rings (SSSR count). The van der Waals surface area contributed by atoms with Gasteiger partial charge in [0.1, 0.15) is 0 Å². The number of aliphatic imine (C=N–C) groups is 1. The van der Waals surface area contributed by atoms with Gasteiger partial charge in [-0.2, -0.15) is 0 Å². The molecule has 2 N–H and O–H groups in total.